The maximum absolute atomic E-state index is 11.8. The lowest BCUT2D eigenvalue weighted by Crippen LogP contribution is -2.46. The van der Waals surface area contributed by atoms with E-state index in [0.29, 0.717) is 24.9 Å². The Hall–Kier alpha value is -1.66. The van der Waals surface area contributed by atoms with Gasteiger partial charge in [-0.25, -0.2) is 4.99 Å². The summed E-state index contributed by atoms with van der Waals surface area (Å²) in [6, 6.07) is 3.92. The molecule has 0 unspecified atom stereocenters. The van der Waals surface area contributed by atoms with Gasteiger partial charge in [0.25, 0.3) is 5.91 Å². The summed E-state index contributed by atoms with van der Waals surface area (Å²) >= 11 is 1.59. The standard InChI is InChI=1S/C12H13N3O2S/c16-11-10(8-9-2-1-7-18-9)13-12(14-11)15-3-5-17-6-4-15/h1-2,7-8H,3-6H2,(H,13,14,16)/b10-8-. The Morgan fingerprint density at radius 1 is 1.44 bits per heavy atom. The fourth-order valence-electron chi connectivity index (χ4n) is 1.89. The van der Waals surface area contributed by atoms with Gasteiger partial charge in [-0.05, 0) is 17.5 Å². The highest BCUT2D eigenvalue weighted by atomic mass is 32.1. The first-order valence-corrected chi connectivity index (χ1v) is 6.69. The summed E-state index contributed by atoms with van der Waals surface area (Å²) in [5.74, 6) is 0.510. The number of morpholine rings is 1. The predicted octanol–water partition coefficient (Wildman–Crippen LogP) is 0.907. The summed E-state index contributed by atoms with van der Waals surface area (Å²) in [6.45, 7) is 2.90. The van der Waals surface area contributed by atoms with E-state index >= 15 is 0 Å². The van der Waals surface area contributed by atoms with Crippen molar-refractivity contribution >= 4 is 29.3 Å². The van der Waals surface area contributed by atoms with Crippen LogP contribution in [0.5, 0.6) is 0 Å². The molecule has 3 rings (SSSR count). The van der Waals surface area contributed by atoms with Crippen LogP contribution in [0.25, 0.3) is 6.08 Å². The van der Waals surface area contributed by atoms with Crippen molar-refractivity contribution in [3.63, 3.8) is 0 Å². The van der Waals surface area contributed by atoms with E-state index < -0.39 is 0 Å². The normalized spacial score (nSPS) is 22.2. The van der Waals surface area contributed by atoms with E-state index in [2.05, 4.69) is 10.3 Å². The zero-order chi connectivity index (χ0) is 12.4. The molecule has 0 aromatic carbocycles. The van der Waals surface area contributed by atoms with Gasteiger partial charge in [-0.15, -0.1) is 11.3 Å². The van der Waals surface area contributed by atoms with E-state index in [9.17, 15) is 4.79 Å². The summed E-state index contributed by atoms with van der Waals surface area (Å²) in [4.78, 5) is 19.2. The number of guanidine groups is 1. The molecule has 1 aromatic rings. The zero-order valence-corrected chi connectivity index (χ0v) is 10.6. The predicted molar refractivity (Wildman–Crippen MR) is 70.3 cm³/mol. The zero-order valence-electron chi connectivity index (χ0n) is 9.76. The highest BCUT2D eigenvalue weighted by Gasteiger charge is 2.25. The van der Waals surface area contributed by atoms with Crippen molar-refractivity contribution in [2.45, 2.75) is 0 Å². The van der Waals surface area contributed by atoms with Crippen LogP contribution in [-0.4, -0.2) is 43.1 Å². The number of hydrogen-bond acceptors (Lipinski definition) is 5. The molecule has 5 nitrogen and oxygen atoms in total. The molecule has 1 aromatic heterocycles. The monoisotopic (exact) mass is 263 g/mol. The number of nitrogens with one attached hydrogen (secondary N) is 1. The molecule has 2 aliphatic heterocycles. The largest absolute Gasteiger partial charge is 0.378 e. The lowest BCUT2D eigenvalue weighted by Gasteiger charge is -2.27. The molecule has 1 saturated heterocycles. The van der Waals surface area contributed by atoms with Crippen molar-refractivity contribution in [3.8, 4) is 0 Å². The third-order valence-electron chi connectivity index (χ3n) is 2.82. The van der Waals surface area contributed by atoms with Crippen LogP contribution in [0.1, 0.15) is 4.88 Å². The Morgan fingerprint density at radius 3 is 3.00 bits per heavy atom. The molecule has 0 aliphatic carbocycles. The Labute approximate surface area is 109 Å². The van der Waals surface area contributed by atoms with Crippen LogP contribution in [0.4, 0.5) is 0 Å². The third-order valence-corrected chi connectivity index (χ3v) is 3.64. The molecule has 3 heterocycles. The van der Waals surface area contributed by atoms with Crippen molar-refractivity contribution in [2.75, 3.05) is 26.3 Å². The summed E-state index contributed by atoms with van der Waals surface area (Å²) in [5.41, 5.74) is 0.471. The number of carbonyl (C=O) groups excluding carboxylic acids is 1. The lowest BCUT2D eigenvalue weighted by atomic mass is 10.3. The number of rotatable bonds is 1. The van der Waals surface area contributed by atoms with Crippen LogP contribution in [-0.2, 0) is 9.53 Å². The number of aliphatic imine (C=N–C) groups is 1. The minimum atomic E-state index is -0.134. The molecule has 6 heteroatoms. The molecule has 94 valence electrons. The molecule has 0 spiro atoms. The molecule has 1 amide bonds. The van der Waals surface area contributed by atoms with Gasteiger partial charge in [0.2, 0.25) is 5.96 Å². The number of amides is 1. The van der Waals surface area contributed by atoms with E-state index in [-0.39, 0.29) is 5.91 Å². The summed E-state index contributed by atoms with van der Waals surface area (Å²) < 4.78 is 5.28. The van der Waals surface area contributed by atoms with Crippen LogP contribution in [0.15, 0.2) is 28.2 Å². The van der Waals surface area contributed by atoms with Gasteiger partial charge in [-0.2, -0.15) is 0 Å². The van der Waals surface area contributed by atoms with Crippen molar-refractivity contribution in [2.24, 2.45) is 4.99 Å². The van der Waals surface area contributed by atoms with Crippen LogP contribution in [0, 0.1) is 0 Å². The van der Waals surface area contributed by atoms with E-state index in [1.165, 1.54) is 0 Å². The number of nitrogens with zero attached hydrogens (tertiary/aromatic N) is 2. The van der Waals surface area contributed by atoms with Gasteiger partial charge >= 0.3 is 0 Å². The Balaban J connectivity index is 1.80. The van der Waals surface area contributed by atoms with Crippen molar-refractivity contribution < 1.29 is 9.53 Å². The quantitative estimate of drug-likeness (QED) is 0.766. The Bertz CT molecular complexity index is 501. The molecule has 2 aliphatic rings. The molecule has 1 N–H and O–H groups in total. The van der Waals surface area contributed by atoms with Crippen LogP contribution in [0.2, 0.25) is 0 Å². The van der Waals surface area contributed by atoms with Gasteiger partial charge in [0.05, 0.1) is 13.2 Å². The second kappa shape index (κ2) is 4.91. The highest BCUT2D eigenvalue weighted by molar-refractivity contribution is 7.10. The van der Waals surface area contributed by atoms with Crippen molar-refractivity contribution in [1.82, 2.24) is 10.2 Å². The number of hydrogen-bond donors (Lipinski definition) is 1. The maximum Gasteiger partial charge on any atom is 0.276 e. The van der Waals surface area contributed by atoms with Crippen LogP contribution in [0.3, 0.4) is 0 Å². The van der Waals surface area contributed by atoms with Gasteiger partial charge in [-0.1, -0.05) is 6.07 Å². The van der Waals surface area contributed by atoms with Gasteiger partial charge in [0.15, 0.2) is 0 Å². The molecular weight excluding hydrogens is 250 g/mol. The summed E-state index contributed by atoms with van der Waals surface area (Å²) in [5, 5.41) is 4.78. The lowest BCUT2D eigenvalue weighted by molar-refractivity contribution is -0.115. The number of carbonyl (C=O) groups is 1. The van der Waals surface area contributed by atoms with E-state index in [1.807, 2.05) is 28.5 Å². The van der Waals surface area contributed by atoms with Gasteiger partial charge < -0.3 is 9.64 Å². The fraction of sp³-hybridized carbons (Fsp3) is 0.333. The molecule has 0 saturated carbocycles. The average Bonchev–Trinajstić information content (AvgIpc) is 3.02. The molecule has 0 atom stereocenters. The van der Waals surface area contributed by atoms with Crippen LogP contribution < -0.4 is 5.32 Å². The van der Waals surface area contributed by atoms with E-state index in [4.69, 9.17) is 4.74 Å². The van der Waals surface area contributed by atoms with Crippen molar-refractivity contribution in [3.05, 3.63) is 28.1 Å². The molecule has 0 bridgehead atoms. The maximum atomic E-state index is 11.8. The molecule has 18 heavy (non-hydrogen) atoms. The molecule has 1 fully saturated rings. The van der Waals surface area contributed by atoms with E-state index in [1.54, 1.807) is 11.3 Å². The average molecular weight is 263 g/mol. The first kappa shape index (κ1) is 11.4. The first-order chi connectivity index (χ1) is 8.83. The van der Waals surface area contributed by atoms with Crippen LogP contribution >= 0.6 is 11.3 Å². The minimum Gasteiger partial charge on any atom is -0.378 e. The topological polar surface area (TPSA) is 53.9 Å². The fourth-order valence-corrected chi connectivity index (χ4v) is 2.54. The van der Waals surface area contributed by atoms with Gasteiger partial charge in [0, 0.05) is 18.0 Å². The van der Waals surface area contributed by atoms with Gasteiger partial charge in [-0.3, -0.25) is 10.1 Å². The van der Waals surface area contributed by atoms with Gasteiger partial charge in [0.1, 0.15) is 5.70 Å². The number of thiophene rings is 1. The second-order valence-electron chi connectivity index (χ2n) is 4.03. The Morgan fingerprint density at radius 2 is 2.28 bits per heavy atom. The summed E-state index contributed by atoms with van der Waals surface area (Å²) in [7, 11) is 0. The second-order valence-corrected chi connectivity index (χ2v) is 5.01. The van der Waals surface area contributed by atoms with Crippen molar-refractivity contribution in [1.29, 1.82) is 0 Å². The number of ether oxygens (including phenoxy) is 1. The summed E-state index contributed by atoms with van der Waals surface area (Å²) in [6.07, 6.45) is 1.81. The smallest absolute Gasteiger partial charge is 0.276 e. The molecular formula is C12H13N3O2S. The first-order valence-electron chi connectivity index (χ1n) is 5.81. The third kappa shape index (κ3) is 2.30. The Kier molecular flexibility index (Phi) is 3.12. The SMILES string of the molecule is O=C1NC(N2CCOCC2)=N/C1=C\c1cccs1. The molecule has 0 radical (unpaired) electrons. The highest BCUT2D eigenvalue weighted by Crippen LogP contribution is 2.17. The minimum absolute atomic E-state index is 0.134. The van der Waals surface area contributed by atoms with E-state index in [0.717, 1.165) is 18.0 Å².